The molecule has 2 aromatic carbocycles. The topological polar surface area (TPSA) is 122 Å². The van der Waals surface area contributed by atoms with E-state index in [9.17, 15) is 21.6 Å². The molecule has 1 saturated heterocycles. The second-order valence-electron chi connectivity index (χ2n) is 7.56. The molecule has 0 saturated carbocycles. The molecule has 0 aliphatic carbocycles. The van der Waals surface area contributed by atoms with Crippen LogP contribution in [-0.4, -0.2) is 54.8 Å². The largest absolute Gasteiger partial charge is 0.489 e. The summed E-state index contributed by atoms with van der Waals surface area (Å²) in [6, 6.07) is 10.4. The molecule has 1 aromatic heterocycles. The Morgan fingerprint density at radius 3 is 2.42 bits per heavy atom. The number of nitrogens with zero attached hydrogens (tertiary/aromatic N) is 3. The van der Waals surface area contributed by atoms with Crippen LogP contribution in [0.15, 0.2) is 53.4 Å². The maximum atomic E-state index is 12.8. The van der Waals surface area contributed by atoms with E-state index < -0.39 is 27.9 Å². The highest BCUT2D eigenvalue weighted by atomic mass is 32.2. The van der Waals surface area contributed by atoms with E-state index in [1.165, 1.54) is 24.3 Å². The van der Waals surface area contributed by atoms with Gasteiger partial charge < -0.3 is 10.1 Å². The van der Waals surface area contributed by atoms with Gasteiger partial charge in [-0.15, -0.1) is 5.10 Å². The maximum Gasteiger partial charge on any atom is 0.416 e. The van der Waals surface area contributed by atoms with Crippen LogP contribution in [0.25, 0.3) is 11.4 Å². The molecule has 1 fully saturated rings. The van der Waals surface area contributed by atoms with Crippen LogP contribution in [0.5, 0.6) is 5.75 Å². The number of alkyl halides is 3. The van der Waals surface area contributed by atoms with Crippen molar-refractivity contribution in [2.45, 2.75) is 23.6 Å². The lowest BCUT2D eigenvalue weighted by atomic mass is 10.0. The summed E-state index contributed by atoms with van der Waals surface area (Å²) in [7, 11) is -3.85. The fraction of sp³-hybridized carbons (Fsp3) is 0.350. The third-order valence-corrected chi connectivity index (χ3v) is 6.79. The van der Waals surface area contributed by atoms with Crippen molar-refractivity contribution in [1.29, 1.82) is 0 Å². The average molecular weight is 482 g/mol. The SMILES string of the molecule is O=S(=O)(NC[C@@H](Oc1ccc(C(F)(F)F)cc1)C1CCNC1)c1ccc(-c2nnn[nH]2)cc1. The highest BCUT2D eigenvalue weighted by molar-refractivity contribution is 7.89. The molecule has 1 aliphatic rings. The summed E-state index contributed by atoms with van der Waals surface area (Å²) in [5.74, 6) is 0.645. The number of aromatic amines is 1. The van der Waals surface area contributed by atoms with E-state index in [1.54, 1.807) is 12.1 Å². The van der Waals surface area contributed by atoms with Crippen molar-refractivity contribution in [3.8, 4) is 17.1 Å². The number of aromatic nitrogens is 4. The molecule has 1 unspecified atom stereocenters. The molecule has 4 rings (SSSR count). The number of rotatable bonds is 8. The van der Waals surface area contributed by atoms with Gasteiger partial charge in [0.1, 0.15) is 11.9 Å². The summed E-state index contributed by atoms with van der Waals surface area (Å²) >= 11 is 0. The molecule has 0 bridgehead atoms. The van der Waals surface area contributed by atoms with Crippen molar-refractivity contribution in [2.75, 3.05) is 19.6 Å². The van der Waals surface area contributed by atoms with Crippen molar-refractivity contribution >= 4 is 10.0 Å². The Morgan fingerprint density at radius 1 is 1.12 bits per heavy atom. The van der Waals surface area contributed by atoms with Crippen LogP contribution in [0.3, 0.4) is 0 Å². The number of nitrogens with one attached hydrogen (secondary N) is 3. The van der Waals surface area contributed by atoms with E-state index in [1.807, 2.05) is 0 Å². The summed E-state index contributed by atoms with van der Waals surface area (Å²) in [4.78, 5) is 0.0524. The minimum atomic E-state index is -4.44. The van der Waals surface area contributed by atoms with Crippen molar-refractivity contribution < 1.29 is 26.3 Å². The van der Waals surface area contributed by atoms with E-state index in [0.717, 1.165) is 25.1 Å². The van der Waals surface area contributed by atoms with Gasteiger partial charge in [0.25, 0.3) is 0 Å². The van der Waals surface area contributed by atoms with Crippen LogP contribution in [-0.2, 0) is 16.2 Å². The lowest BCUT2D eigenvalue weighted by Crippen LogP contribution is -2.40. The van der Waals surface area contributed by atoms with Gasteiger partial charge in [0.15, 0.2) is 5.82 Å². The van der Waals surface area contributed by atoms with Crippen LogP contribution in [0.2, 0.25) is 0 Å². The Bertz CT molecular complexity index is 1150. The molecule has 1 aliphatic heterocycles. The van der Waals surface area contributed by atoms with Gasteiger partial charge in [-0.25, -0.2) is 18.2 Å². The van der Waals surface area contributed by atoms with Gasteiger partial charge in [-0.05, 0) is 71.9 Å². The van der Waals surface area contributed by atoms with Crippen molar-refractivity contribution in [1.82, 2.24) is 30.7 Å². The summed E-state index contributed by atoms with van der Waals surface area (Å²) in [5, 5.41) is 16.5. The fourth-order valence-electron chi connectivity index (χ4n) is 3.54. The molecule has 33 heavy (non-hydrogen) atoms. The van der Waals surface area contributed by atoms with Gasteiger partial charge in [-0.2, -0.15) is 13.2 Å². The number of hydrogen-bond acceptors (Lipinski definition) is 7. The van der Waals surface area contributed by atoms with Crippen molar-refractivity contribution in [3.63, 3.8) is 0 Å². The third-order valence-electron chi connectivity index (χ3n) is 5.35. The lowest BCUT2D eigenvalue weighted by molar-refractivity contribution is -0.137. The van der Waals surface area contributed by atoms with Gasteiger partial charge in [-0.3, -0.25) is 0 Å². The second kappa shape index (κ2) is 9.45. The first-order chi connectivity index (χ1) is 15.7. The predicted octanol–water partition coefficient (Wildman–Crippen LogP) is 2.22. The predicted molar refractivity (Wildman–Crippen MR) is 112 cm³/mol. The van der Waals surface area contributed by atoms with Crippen LogP contribution in [0, 0.1) is 5.92 Å². The number of ether oxygens (including phenoxy) is 1. The number of sulfonamides is 1. The first-order valence-corrected chi connectivity index (χ1v) is 11.6. The molecule has 2 heterocycles. The van der Waals surface area contributed by atoms with E-state index in [4.69, 9.17) is 4.74 Å². The van der Waals surface area contributed by atoms with Crippen molar-refractivity contribution in [3.05, 3.63) is 54.1 Å². The molecular formula is C20H21F3N6O3S. The molecule has 0 radical (unpaired) electrons. The highest BCUT2D eigenvalue weighted by Gasteiger charge is 2.31. The van der Waals surface area contributed by atoms with Crippen LogP contribution < -0.4 is 14.8 Å². The van der Waals surface area contributed by atoms with Crippen LogP contribution in [0.4, 0.5) is 13.2 Å². The molecular weight excluding hydrogens is 461 g/mol. The molecule has 3 aromatic rings. The van der Waals surface area contributed by atoms with Gasteiger partial charge in [0, 0.05) is 24.6 Å². The van der Waals surface area contributed by atoms with Gasteiger partial charge >= 0.3 is 6.18 Å². The average Bonchev–Trinajstić information content (AvgIpc) is 3.51. The van der Waals surface area contributed by atoms with Crippen LogP contribution in [0.1, 0.15) is 12.0 Å². The number of tetrazole rings is 1. The number of halogens is 3. The summed E-state index contributed by atoms with van der Waals surface area (Å²) in [6.45, 7) is 1.33. The normalized spacial score (nSPS) is 17.7. The minimum absolute atomic E-state index is 0.00341. The van der Waals surface area contributed by atoms with E-state index in [0.29, 0.717) is 17.9 Å². The number of benzene rings is 2. The summed E-state index contributed by atoms with van der Waals surface area (Å²) in [6.07, 6.45) is -4.25. The Labute approximate surface area is 187 Å². The minimum Gasteiger partial charge on any atom is -0.489 e. The van der Waals surface area contributed by atoms with E-state index in [2.05, 4.69) is 30.7 Å². The number of hydrogen-bond donors (Lipinski definition) is 3. The Balaban J connectivity index is 1.45. The van der Waals surface area contributed by atoms with E-state index in [-0.39, 0.29) is 23.1 Å². The molecule has 13 heteroatoms. The summed E-state index contributed by atoms with van der Waals surface area (Å²) < 4.78 is 72.5. The fourth-order valence-corrected chi connectivity index (χ4v) is 4.59. The zero-order valence-electron chi connectivity index (χ0n) is 17.2. The molecule has 3 N–H and O–H groups in total. The van der Waals surface area contributed by atoms with Crippen LogP contribution >= 0.6 is 0 Å². The molecule has 0 spiro atoms. The highest BCUT2D eigenvalue weighted by Crippen LogP contribution is 2.31. The lowest BCUT2D eigenvalue weighted by Gasteiger charge is -2.25. The molecule has 9 nitrogen and oxygen atoms in total. The zero-order chi connectivity index (χ0) is 23.5. The zero-order valence-corrected chi connectivity index (χ0v) is 18.0. The maximum absolute atomic E-state index is 12.8. The van der Waals surface area contributed by atoms with Gasteiger partial charge in [0.05, 0.1) is 10.5 Å². The molecule has 176 valence electrons. The number of H-pyrrole nitrogens is 1. The van der Waals surface area contributed by atoms with Crippen molar-refractivity contribution in [2.24, 2.45) is 5.92 Å². The van der Waals surface area contributed by atoms with E-state index >= 15 is 0 Å². The third kappa shape index (κ3) is 5.67. The monoisotopic (exact) mass is 482 g/mol. The molecule has 0 amide bonds. The summed E-state index contributed by atoms with van der Waals surface area (Å²) in [5.41, 5.74) is -0.154. The van der Waals surface area contributed by atoms with Gasteiger partial charge in [0.2, 0.25) is 10.0 Å². The standard InChI is InChI=1S/C20H21F3N6O3S/c21-20(22,23)15-3-5-16(6-4-15)32-18(14-9-10-24-11-14)12-25-33(30,31)17-7-1-13(2-8-17)19-26-28-29-27-19/h1-8,14,18,24-25H,9-12H2,(H,26,27,28,29)/t14?,18-/m1/s1. The quantitative estimate of drug-likeness (QED) is 0.450. The second-order valence-corrected chi connectivity index (χ2v) is 9.32. The Kier molecular flexibility index (Phi) is 6.63. The first-order valence-electron chi connectivity index (χ1n) is 10.1. The molecule has 2 atom stereocenters. The smallest absolute Gasteiger partial charge is 0.416 e. The van der Waals surface area contributed by atoms with Gasteiger partial charge in [-0.1, -0.05) is 0 Å². The Hall–Kier alpha value is -3.03. The first kappa shape index (κ1) is 23.1. The Morgan fingerprint density at radius 2 is 1.85 bits per heavy atom.